The number of nitrogens with zero attached hydrogens (tertiary/aromatic N) is 3. The number of amides is 1. The first-order chi connectivity index (χ1) is 13.3. The summed E-state index contributed by atoms with van der Waals surface area (Å²) in [5.41, 5.74) is 2.30. The van der Waals surface area contributed by atoms with Gasteiger partial charge in [0.1, 0.15) is 10.7 Å². The van der Waals surface area contributed by atoms with Gasteiger partial charge in [0.25, 0.3) is 0 Å². The Labute approximate surface area is 160 Å². The van der Waals surface area contributed by atoms with E-state index in [1.54, 1.807) is 6.20 Å². The highest BCUT2D eigenvalue weighted by atomic mass is 32.2. The van der Waals surface area contributed by atoms with E-state index in [1.807, 2.05) is 72.8 Å². The first-order valence-electron chi connectivity index (χ1n) is 8.45. The topological polar surface area (TPSA) is 67.8 Å². The van der Waals surface area contributed by atoms with Crippen molar-refractivity contribution in [3.8, 4) is 11.4 Å². The highest BCUT2D eigenvalue weighted by Gasteiger charge is 2.08. The van der Waals surface area contributed by atoms with E-state index in [2.05, 4.69) is 20.5 Å². The Balaban J connectivity index is 1.39. The quantitative estimate of drug-likeness (QED) is 0.525. The molecule has 1 amide bonds. The van der Waals surface area contributed by atoms with Crippen molar-refractivity contribution >= 4 is 34.1 Å². The van der Waals surface area contributed by atoms with Crippen LogP contribution in [-0.2, 0) is 4.79 Å². The van der Waals surface area contributed by atoms with Crippen LogP contribution in [0.1, 0.15) is 0 Å². The molecule has 4 rings (SSSR count). The van der Waals surface area contributed by atoms with Crippen LogP contribution in [0.3, 0.4) is 0 Å². The molecule has 27 heavy (non-hydrogen) atoms. The second kappa shape index (κ2) is 7.97. The van der Waals surface area contributed by atoms with Crippen molar-refractivity contribution in [2.45, 2.75) is 5.03 Å². The average Bonchev–Trinajstić information content (AvgIpc) is 2.74. The molecule has 0 radical (unpaired) electrons. The van der Waals surface area contributed by atoms with Crippen LogP contribution in [-0.4, -0.2) is 26.8 Å². The molecule has 6 heteroatoms. The summed E-state index contributed by atoms with van der Waals surface area (Å²) in [5.74, 6) is 0.188. The van der Waals surface area contributed by atoms with Gasteiger partial charge in [-0.25, -0.2) is 0 Å². The standard InChI is InChI=1S/C21H16N4OS/c26-20(23-17-10-5-7-15-6-1-2-8-16(15)17)14-27-21-12-11-19(24-25-21)18-9-3-4-13-22-18/h1-13H,14H2,(H,23,26). The number of anilines is 1. The minimum absolute atomic E-state index is 0.0769. The van der Waals surface area contributed by atoms with Gasteiger partial charge >= 0.3 is 0 Å². The van der Waals surface area contributed by atoms with Crippen molar-refractivity contribution in [1.29, 1.82) is 0 Å². The van der Waals surface area contributed by atoms with Crippen LogP contribution in [0, 0.1) is 0 Å². The molecule has 0 saturated carbocycles. The Morgan fingerprint density at radius 3 is 2.52 bits per heavy atom. The number of thioether (sulfide) groups is 1. The van der Waals surface area contributed by atoms with Gasteiger partial charge in [0, 0.05) is 17.3 Å². The monoisotopic (exact) mass is 372 g/mol. The number of carbonyl (C=O) groups is 1. The number of fused-ring (bicyclic) bond motifs is 1. The molecule has 2 aromatic carbocycles. The molecule has 1 N–H and O–H groups in total. The predicted molar refractivity (Wildman–Crippen MR) is 109 cm³/mol. The summed E-state index contributed by atoms with van der Waals surface area (Å²) in [6.07, 6.45) is 1.72. The summed E-state index contributed by atoms with van der Waals surface area (Å²) in [6.45, 7) is 0. The van der Waals surface area contributed by atoms with Crippen LogP contribution in [0.2, 0.25) is 0 Å². The van der Waals surface area contributed by atoms with Crippen molar-refractivity contribution in [1.82, 2.24) is 15.2 Å². The predicted octanol–water partition coefficient (Wildman–Crippen LogP) is 4.42. The minimum Gasteiger partial charge on any atom is -0.325 e. The third-order valence-electron chi connectivity index (χ3n) is 3.98. The molecule has 5 nitrogen and oxygen atoms in total. The Morgan fingerprint density at radius 1 is 0.852 bits per heavy atom. The maximum Gasteiger partial charge on any atom is 0.234 e. The smallest absolute Gasteiger partial charge is 0.234 e. The summed E-state index contributed by atoms with van der Waals surface area (Å²) in [6, 6.07) is 23.2. The Morgan fingerprint density at radius 2 is 1.70 bits per heavy atom. The summed E-state index contributed by atoms with van der Waals surface area (Å²) in [5, 5.41) is 14.2. The van der Waals surface area contributed by atoms with Crippen molar-refractivity contribution in [2.24, 2.45) is 0 Å². The van der Waals surface area contributed by atoms with E-state index >= 15 is 0 Å². The molecular formula is C21H16N4OS. The normalized spacial score (nSPS) is 10.7. The maximum absolute atomic E-state index is 12.3. The highest BCUT2D eigenvalue weighted by Crippen LogP contribution is 2.24. The number of aromatic nitrogens is 3. The van der Waals surface area contributed by atoms with Crippen molar-refractivity contribution in [3.63, 3.8) is 0 Å². The average molecular weight is 372 g/mol. The second-order valence-corrected chi connectivity index (χ2v) is 6.83. The second-order valence-electron chi connectivity index (χ2n) is 5.84. The van der Waals surface area contributed by atoms with Gasteiger partial charge in [0.15, 0.2) is 0 Å². The van der Waals surface area contributed by atoms with Gasteiger partial charge in [-0.2, -0.15) is 0 Å². The molecular weight excluding hydrogens is 356 g/mol. The minimum atomic E-state index is -0.0769. The molecule has 0 saturated heterocycles. The van der Waals surface area contributed by atoms with E-state index in [-0.39, 0.29) is 11.7 Å². The van der Waals surface area contributed by atoms with E-state index < -0.39 is 0 Å². The molecule has 0 fully saturated rings. The first-order valence-corrected chi connectivity index (χ1v) is 9.44. The van der Waals surface area contributed by atoms with Crippen molar-refractivity contribution in [2.75, 3.05) is 11.1 Å². The Hall–Kier alpha value is -3.25. The van der Waals surface area contributed by atoms with Crippen LogP contribution in [0.5, 0.6) is 0 Å². The third-order valence-corrected chi connectivity index (χ3v) is 4.90. The van der Waals surface area contributed by atoms with Gasteiger partial charge in [-0.05, 0) is 35.7 Å². The van der Waals surface area contributed by atoms with Crippen molar-refractivity contribution in [3.05, 3.63) is 79.0 Å². The molecule has 4 aromatic rings. The van der Waals surface area contributed by atoms with Crippen molar-refractivity contribution < 1.29 is 4.79 Å². The number of hydrogen-bond acceptors (Lipinski definition) is 5. The van der Waals surface area contributed by atoms with Crippen LogP contribution < -0.4 is 5.32 Å². The van der Waals surface area contributed by atoms with E-state index in [1.165, 1.54) is 11.8 Å². The fraction of sp³-hybridized carbons (Fsp3) is 0.0476. The fourth-order valence-electron chi connectivity index (χ4n) is 2.71. The summed E-state index contributed by atoms with van der Waals surface area (Å²) in [7, 11) is 0. The number of benzene rings is 2. The lowest BCUT2D eigenvalue weighted by Crippen LogP contribution is -2.14. The first kappa shape index (κ1) is 17.2. The lowest BCUT2D eigenvalue weighted by Gasteiger charge is -2.08. The lowest BCUT2D eigenvalue weighted by atomic mass is 10.1. The van der Waals surface area contributed by atoms with Crippen LogP contribution in [0.25, 0.3) is 22.2 Å². The van der Waals surface area contributed by atoms with Crippen LogP contribution in [0.15, 0.2) is 84.0 Å². The highest BCUT2D eigenvalue weighted by molar-refractivity contribution is 7.99. The third kappa shape index (κ3) is 4.12. The number of hydrogen-bond donors (Lipinski definition) is 1. The number of pyridine rings is 1. The molecule has 0 atom stereocenters. The van der Waals surface area contributed by atoms with E-state index in [0.717, 1.165) is 22.2 Å². The fourth-order valence-corrected chi connectivity index (χ4v) is 3.32. The van der Waals surface area contributed by atoms with E-state index in [9.17, 15) is 4.79 Å². The van der Waals surface area contributed by atoms with E-state index in [0.29, 0.717) is 10.7 Å². The molecule has 2 aromatic heterocycles. The van der Waals surface area contributed by atoms with Gasteiger partial charge in [-0.15, -0.1) is 10.2 Å². The molecule has 0 spiro atoms. The number of rotatable bonds is 5. The number of nitrogens with one attached hydrogen (secondary N) is 1. The van der Waals surface area contributed by atoms with Gasteiger partial charge in [0.05, 0.1) is 11.4 Å². The van der Waals surface area contributed by atoms with Crippen LogP contribution in [0.4, 0.5) is 5.69 Å². The largest absolute Gasteiger partial charge is 0.325 e. The SMILES string of the molecule is O=C(CSc1ccc(-c2ccccn2)nn1)Nc1cccc2ccccc12. The molecule has 0 aliphatic carbocycles. The summed E-state index contributed by atoms with van der Waals surface area (Å²) in [4.78, 5) is 16.6. The molecule has 0 unspecified atom stereocenters. The summed E-state index contributed by atoms with van der Waals surface area (Å²) >= 11 is 1.35. The summed E-state index contributed by atoms with van der Waals surface area (Å²) < 4.78 is 0. The lowest BCUT2D eigenvalue weighted by molar-refractivity contribution is -0.113. The van der Waals surface area contributed by atoms with Gasteiger partial charge < -0.3 is 5.32 Å². The zero-order chi connectivity index (χ0) is 18.5. The van der Waals surface area contributed by atoms with Crippen LogP contribution >= 0.6 is 11.8 Å². The molecule has 132 valence electrons. The Kier molecular flexibility index (Phi) is 5.07. The molecule has 0 bridgehead atoms. The molecule has 2 heterocycles. The molecule has 0 aliphatic rings. The van der Waals surface area contributed by atoms with Gasteiger partial charge in [0.2, 0.25) is 5.91 Å². The molecule has 0 aliphatic heterocycles. The van der Waals surface area contributed by atoms with Gasteiger partial charge in [-0.1, -0.05) is 54.2 Å². The van der Waals surface area contributed by atoms with E-state index in [4.69, 9.17) is 0 Å². The zero-order valence-electron chi connectivity index (χ0n) is 14.4. The zero-order valence-corrected chi connectivity index (χ0v) is 15.2. The number of carbonyl (C=O) groups excluding carboxylic acids is 1. The Bertz CT molecular complexity index is 1060. The maximum atomic E-state index is 12.3. The van der Waals surface area contributed by atoms with Gasteiger partial charge in [-0.3, -0.25) is 9.78 Å².